The smallest absolute Gasteiger partial charge is 0.158 e. The van der Waals surface area contributed by atoms with E-state index in [1.165, 1.54) is 0 Å². The van der Waals surface area contributed by atoms with Gasteiger partial charge < -0.3 is 10.0 Å². The van der Waals surface area contributed by atoms with Crippen molar-refractivity contribution >= 4 is 11.5 Å². The Morgan fingerprint density at radius 3 is 2.73 bits per heavy atom. The molecule has 1 aromatic carbocycles. The minimum Gasteiger partial charge on any atom is -0.391 e. The molecule has 3 heterocycles. The Balaban J connectivity index is 1.89. The molecule has 5 heteroatoms. The van der Waals surface area contributed by atoms with Gasteiger partial charge in [-0.25, -0.2) is 4.98 Å². The third-order valence-corrected chi connectivity index (χ3v) is 4.09. The Morgan fingerprint density at radius 1 is 1.18 bits per heavy atom. The standard InChI is InChI=1S/C17H18N4O/c1-12-9-16-18-15(13-5-3-2-4-6-13)10-17(21(16)19-12)20-8-7-14(22)11-20/h2-6,9-10,14,22H,7-8,11H2,1H3. The number of fused-ring (bicyclic) bond motifs is 1. The summed E-state index contributed by atoms with van der Waals surface area (Å²) in [7, 11) is 0. The molecule has 0 saturated carbocycles. The highest BCUT2D eigenvalue weighted by molar-refractivity contribution is 5.67. The van der Waals surface area contributed by atoms with Crippen molar-refractivity contribution in [3.63, 3.8) is 0 Å². The lowest BCUT2D eigenvalue weighted by Crippen LogP contribution is -2.24. The summed E-state index contributed by atoms with van der Waals surface area (Å²) in [6.07, 6.45) is 0.533. The largest absolute Gasteiger partial charge is 0.391 e. The molecule has 0 spiro atoms. The van der Waals surface area contributed by atoms with Crippen molar-refractivity contribution in [1.29, 1.82) is 0 Å². The SMILES string of the molecule is Cc1cc2nc(-c3ccccc3)cc(N3CCC(O)C3)n2n1. The van der Waals surface area contributed by atoms with Gasteiger partial charge in [0, 0.05) is 30.8 Å². The number of aryl methyl sites for hydroxylation is 1. The molecule has 0 radical (unpaired) electrons. The highest BCUT2D eigenvalue weighted by Crippen LogP contribution is 2.27. The maximum atomic E-state index is 9.84. The van der Waals surface area contributed by atoms with Crippen molar-refractivity contribution in [3.05, 3.63) is 48.2 Å². The first-order valence-corrected chi connectivity index (χ1v) is 7.56. The highest BCUT2D eigenvalue weighted by atomic mass is 16.3. The number of aliphatic hydroxyl groups is 1. The maximum Gasteiger partial charge on any atom is 0.158 e. The van der Waals surface area contributed by atoms with Crippen LogP contribution in [0.4, 0.5) is 5.82 Å². The maximum absolute atomic E-state index is 9.84. The molecule has 1 atom stereocenters. The van der Waals surface area contributed by atoms with E-state index in [0.717, 1.165) is 41.4 Å². The van der Waals surface area contributed by atoms with Gasteiger partial charge in [0.15, 0.2) is 5.65 Å². The summed E-state index contributed by atoms with van der Waals surface area (Å²) in [5.74, 6) is 0.994. The Labute approximate surface area is 128 Å². The molecule has 0 bridgehead atoms. The second-order valence-corrected chi connectivity index (χ2v) is 5.81. The van der Waals surface area contributed by atoms with Crippen molar-refractivity contribution in [2.45, 2.75) is 19.4 Å². The number of hydrogen-bond donors (Lipinski definition) is 1. The topological polar surface area (TPSA) is 53.7 Å². The molecule has 1 aliphatic heterocycles. The van der Waals surface area contributed by atoms with Gasteiger partial charge in [-0.3, -0.25) is 0 Å². The van der Waals surface area contributed by atoms with Crippen LogP contribution in [0, 0.1) is 6.92 Å². The van der Waals surface area contributed by atoms with Crippen LogP contribution in [0.15, 0.2) is 42.5 Å². The van der Waals surface area contributed by atoms with Crippen LogP contribution < -0.4 is 4.90 Å². The number of aromatic nitrogens is 3. The summed E-state index contributed by atoms with van der Waals surface area (Å²) < 4.78 is 1.87. The Hall–Kier alpha value is -2.40. The quantitative estimate of drug-likeness (QED) is 0.788. The van der Waals surface area contributed by atoms with Gasteiger partial charge >= 0.3 is 0 Å². The number of nitrogens with zero attached hydrogens (tertiary/aromatic N) is 4. The van der Waals surface area contributed by atoms with E-state index < -0.39 is 0 Å². The van der Waals surface area contributed by atoms with E-state index in [-0.39, 0.29) is 6.10 Å². The predicted molar refractivity (Wildman–Crippen MR) is 86.0 cm³/mol. The third-order valence-electron chi connectivity index (χ3n) is 4.09. The van der Waals surface area contributed by atoms with E-state index in [9.17, 15) is 5.11 Å². The molecule has 0 amide bonds. The average Bonchev–Trinajstić information content (AvgIpc) is 3.12. The fourth-order valence-electron chi connectivity index (χ4n) is 3.01. The summed E-state index contributed by atoms with van der Waals surface area (Å²) in [6.45, 7) is 3.46. The van der Waals surface area contributed by atoms with Gasteiger partial charge in [0.1, 0.15) is 5.82 Å². The zero-order valence-corrected chi connectivity index (χ0v) is 12.5. The summed E-state index contributed by atoms with van der Waals surface area (Å²) in [4.78, 5) is 6.91. The van der Waals surface area contributed by atoms with E-state index in [0.29, 0.717) is 6.54 Å². The van der Waals surface area contributed by atoms with Crippen molar-refractivity contribution in [3.8, 4) is 11.3 Å². The molecular formula is C17H18N4O. The second-order valence-electron chi connectivity index (χ2n) is 5.81. The van der Waals surface area contributed by atoms with E-state index in [2.05, 4.69) is 28.2 Å². The van der Waals surface area contributed by atoms with Crippen LogP contribution in [0.1, 0.15) is 12.1 Å². The lowest BCUT2D eigenvalue weighted by molar-refractivity contribution is 0.198. The number of rotatable bonds is 2. The molecule has 3 aromatic rings. The van der Waals surface area contributed by atoms with E-state index in [1.807, 2.05) is 35.7 Å². The number of hydrogen-bond acceptors (Lipinski definition) is 4. The second kappa shape index (κ2) is 5.10. The summed E-state index contributed by atoms with van der Waals surface area (Å²) in [5, 5.41) is 14.4. The molecule has 1 N–H and O–H groups in total. The first kappa shape index (κ1) is 13.3. The molecule has 112 valence electrons. The molecule has 4 rings (SSSR count). The van der Waals surface area contributed by atoms with E-state index in [1.54, 1.807) is 0 Å². The molecule has 1 unspecified atom stereocenters. The normalized spacial score (nSPS) is 18.3. The van der Waals surface area contributed by atoms with E-state index in [4.69, 9.17) is 4.98 Å². The minimum atomic E-state index is -0.264. The van der Waals surface area contributed by atoms with Crippen LogP contribution in [0.25, 0.3) is 16.9 Å². The Kier molecular flexibility index (Phi) is 3.08. The number of anilines is 1. The minimum absolute atomic E-state index is 0.264. The zero-order chi connectivity index (χ0) is 15.1. The molecular weight excluding hydrogens is 276 g/mol. The number of aliphatic hydroxyl groups excluding tert-OH is 1. The van der Waals surface area contributed by atoms with Crippen LogP contribution >= 0.6 is 0 Å². The molecule has 2 aromatic heterocycles. The van der Waals surface area contributed by atoms with E-state index >= 15 is 0 Å². The van der Waals surface area contributed by atoms with Gasteiger partial charge in [0.05, 0.1) is 17.5 Å². The molecule has 1 saturated heterocycles. The van der Waals surface area contributed by atoms with Crippen molar-refractivity contribution in [2.24, 2.45) is 0 Å². The highest BCUT2D eigenvalue weighted by Gasteiger charge is 2.23. The van der Waals surface area contributed by atoms with Gasteiger partial charge in [-0.15, -0.1) is 0 Å². The van der Waals surface area contributed by atoms with Crippen LogP contribution in [0.5, 0.6) is 0 Å². The summed E-state index contributed by atoms with van der Waals surface area (Å²) >= 11 is 0. The molecule has 0 aliphatic carbocycles. The first-order valence-electron chi connectivity index (χ1n) is 7.56. The van der Waals surface area contributed by atoms with Crippen molar-refractivity contribution in [2.75, 3.05) is 18.0 Å². The molecule has 1 fully saturated rings. The zero-order valence-electron chi connectivity index (χ0n) is 12.5. The van der Waals surface area contributed by atoms with Gasteiger partial charge in [0.2, 0.25) is 0 Å². The molecule has 22 heavy (non-hydrogen) atoms. The third kappa shape index (κ3) is 2.23. The first-order chi connectivity index (χ1) is 10.7. The summed E-state index contributed by atoms with van der Waals surface area (Å²) in [6, 6.07) is 14.2. The molecule has 5 nitrogen and oxygen atoms in total. The van der Waals surface area contributed by atoms with Crippen LogP contribution in [-0.2, 0) is 0 Å². The fraction of sp³-hybridized carbons (Fsp3) is 0.294. The van der Waals surface area contributed by atoms with Gasteiger partial charge in [-0.05, 0) is 13.3 Å². The Bertz CT molecular complexity index is 812. The van der Waals surface area contributed by atoms with Crippen LogP contribution in [0.2, 0.25) is 0 Å². The van der Waals surface area contributed by atoms with Crippen LogP contribution in [-0.4, -0.2) is 38.9 Å². The monoisotopic (exact) mass is 294 g/mol. The predicted octanol–water partition coefficient (Wildman–Crippen LogP) is 2.28. The molecule has 1 aliphatic rings. The number of benzene rings is 1. The lowest BCUT2D eigenvalue weighted by Gasteiger charge is -2.19. The fourth-order valence-corrected chi connectivity index (χ4v) is 3.01. The van der Waals surface area contributed by atoms with Gasteiger partial charge in [-0.2, -0.15) is 9.61 Å². The van der Waals surface area contributed by atoms with Gasteiger partial charge in [0.25, 0.3) is 0 Å². The summed E-state index contributed by atoms with van der Waals surface area (Å²) in [5.41, 5.74) is 3.81. The van der Waals surface area contributed by atoms with Crippen LogP contribution in [0.3, 0.4) is 0 Å². The van der Waals surface area contributed by atoms with Crippen molar-refractivity contribution < 1.29 is 5.11 Å². The average molecular weight is 294 g/mol. The lowest BCUT2D eigenvalue weighted by atomic mass is 10.1. The van der Waals surface area contributed by atoms with Gasteiger partial charge in [-0.1, -0.05) is 30.3 Å². The number of β-amino-alcohol motifs (C(OH)–C–C–N with tert-alkyl or cyclic N) is 1. The van der Waals surface area contributed by atoms with Crippen molar-refractivity contribution in [1.82, 2.24) is 14.6 Å². The Morgan fingerprint density at radius 2 is 2.00 bits per heavy atom.